The number of rotatable bonds is 26. The first kappa shape index (κ1) is 55.0. The fraction of sp³-hybridized carbons (Fsp3) is 1.00. The van der Waals surface area contributed by atoms with Gasteiger partial charge >= 0.3 is 94.6 Å². The molecule has 10 atom stereocenters. The Morgan fingerprint density at radius 2 is 0.862 bits per heavy atom. The number of ether oxygens (including phenoxy) is 2. The van der Waals surface area contributed by atoms with Crippen molar-refractivity contribution in [2.24, 2.45) is 0 Å². The highest BCUT2D eigenvalue weighted by atomic mass is 32.3. The molecule has 0 saturated carbocycles. The van der Waals surface area contributed by atoms with Gasteiger partial charge in [0.2, 0.25) is 0 Å². The van der Waals surface area contributed by atoms with Crippen LogP contribution >= 0.6 is 0 Å². The van der Waals surface area contributed by atoms with Crippen molar-refractivity contribution < 1.29 is 160 Å². The molecular formula is C12H24O37S9. The smallest absolute Gasteiger partial charge is 0.347 e. The van der Waals surface area contributed by atoms with Crippen molar-refractivity contribution in [1.82, 2.24) is 0 Å². The summed E-state index contributed by atoms with van der Waals surface area (Å²) < 4.78 is 325. The quantitative estimate of drug-likeness (QED) is 0.0287. The highest BCUT2D eigenvalue weighted by Crippen LogP contribution is 2.33. The summed E-state index contributed by atoms with van der Waals surface area (Å²) in [6.07, 6.45) is -29.6. The zero-order valence-electron chi connectivity index (χ0n) is 26.4. The predicted octanol–water partition coefficient (Wildman–Crippen LogP) is -6.98. The second-order valence-corrected chi connectivity index (χ2v) is 18.8. The van der Waals surface area contributed by atoms with E-state index in [-0.39, 0.29) is 0 Å². The van der Waals surface area contributed by atoms with Crippen LogP contribution in [-0.4, -0.2) is 187 Å². The molecule has 0 aromatic rings. The molecule has 1 aliphatic rings. The van der Waals surface area contributed by atoms with Gasteiger partial charge in [-0.3, -0.25) is 45.2 Å². The molecule has 1 saturated heterocycles. The topological polar surface area (TPSA) is 574 Å². The van der Waals surface area contributed by atoms with Crippen molar-refractivity contribution in [3.05, 3.63) is 0 Å². The maximum atomic E-state index is 11.8. The van der Waals surface area contributed by atoms with E-state index >= 15 is 0 Å². The summed E-state index contributed by atoms with van der Waals surface area (Å²) in [4.78, 5) is 0. The minimum Gasteiger partial charge on any atom is -0.347 e. The highest BCUT2D eigenvalue weighted by Gasteiger charge is 2.55. The Balaban J connectivity index is 4.20. The molecule has 46 heteroatoms. The Bertz CT molecular complexity index is 2330. The van der Waals surface area contributed by atoms with Gasteiger partial charge in [-0.05, 0) is 0 Å². The van der Waals surface area contributed by atoms with E-state index in [2.05, 4.69) is 37.6 Å². The summed E-state index contributed by atoms with van der Waals surface area (Å²) in [6, 6.07) is 0. The van der Waals surface area contributed by atoms with Crippen molar-refractivity contribution in [2.45, 2.75) is 55.1 Å². The third kappa shape index (κ3) is 23.8. The standard InChI is InChI=1S/C12H24O37S9/c13-50(14)43-7-4(2-40-51(15,16)17)42-12(11(49-58(36,37)38)10(7)48-57(33,34)35)39-1-5(44-53(21,22)23)8(46-55(27,28)29)9(47-56(30,31)32)6(45-54(24,25)26)3-41-52(18,19)20/h4-12H,1-3H2,(H,13,14)(H,15,16,17)(H,18,19,20)(H,21,22,23)(H,24,25,26)(H,27,28,29)(H,30,31,32)(H,33,34,35)(H,36,37,38)/t4-,5-,6-,7-,8-,9-,10+,11-,12-/m1/s1. The molecule has 0 aromatic carbocycles. The minimum atomic E-state index is -6.39. The van der Waals surface area contributed by atoms with Gasteiger partial charge in [0.1, 0.15) is 42.7 Å². The van der Waals surface area contributed by atoms with Gasteiger partial charge in [-0.15, -0.1) is 0 Å². The molecule has 37 nitrogen and oxygen atoms in total. The van der Waals surface area contributed by atoms with E-state index < -0.39 is 169 Å². The van der Waals surface area contributed by atoms with Gasteiger partial charge in [0, 0.05) is 0 Å². The van der Waals surface area contributed by atoms with Crippen molar-refractivity contribution in [3.8, 4) is 0 Å². The molecule has 0 amide bonds. The molecule has 0 bridgehead atoms. The third-order valence-corrected chi connectivity index (χ3v) is 9.55. The lowest BCUT2D eigenvalue weighted by atomic mass is 9.99. The largest absolute Gasteiger partial charge is 0.397 e. The van der Waals surface area contributed by atoms with Crippen molar-refractivity contribution >= 4 is 94.6 Å². The second-order valence-electron chi connectivity index (χ2n) is 9.66. The molecule has 0 aliphatic carbocycles. The Kier molecular flexibility index (Phi) is 19.4. The summed E-state index contributed by atoms with van der Waals surface area (Å²) in [5, 5.41) is 0. The van der Waals surface area contributed by atoms with E-state index in [9.17, 15) is 98.9 Å². The first-order valence-corrected chi connectivity index (χ1v) is 24.7. The van der Waals surface area contributed by atoms with Crippen LogP contribution in [0.1, 0.15) is 0 Å². The zero-order chi connectivity index (χ0) is 45.7. The number of hydrogen-bond acceptors (Lipinski definition) is 28. The third-order valence-electron chi connectivity index (χ3n) is 5.45. The van der Waals surface area contributed by atoms with Crippen LogP contribution in [-0.2, 0) is 142 Å². The summed E-state index contributed by atoms with van der Waals surface area (Å²) in [7, 11) is -48.9. The molecular weight excluding hydrogens is 1020 g/mol. The van der Waals surface area contributed by atoms with Gasteiger partial charge in [0.05, 0.1) is 19.8 Å². The maximum absolute atomic E-state index is 11.8. The minimum absolute atomic E-state index is 1.81. The van der Waals surface area contributed by atoms with E-state index in [0.29, 0.717) is 0 Å². The summed E-state index contributed by atoms with van der Waals surface area (Å²) in [5.74, 6) is 0. The van der Waals surface area contributed by atoms with E-state index in [1.54, 1.807) is 0 Å². The van der Waals surface area contributed by atoms with Gasteiger partial charge in [-0.1, -0.05) is 0 Å². The second kappa shape index (κ2) is 20.4. The molecule has 58 heavy (non-hydrogen) atoms. The van der Waals surface area contributed by atoms with E-state index in [0.717, 1.165) is 0 Å². The van der Waals surface area contributed by atoms with Crippen molar-refractivity contribution in [2.75, 3.05) is 19.8 Å². The average Bonchev–Trinajstić information content (AvgIpc) is 2.92. The van der Waals surface area contributed by atoms with Gasteiger partial charge in [0.15, 0.2) is 12.4 Å². The van der Waals surface area contributed by atoms with Gasteiger partial charge in [0.25, 0.3) is 0 Å². The summed E-state index contributed by atoms with van der Waals surface area (Å²) in [6.45, 7) is -6.35. The summed E-state index contributed by atoms with van der Waals surface area (Å²) >= 11 is -3.72. The lowest BCUT2D eigenvalue weighted by Crippen LogP contribution is -2.63. The first-order valence-electron chi connectivity index (χ1n) is 12.8. The van der Waals surface area contributed by atoms with Gasteiger partial charge in [-0.25, -0.2) is 33.5 Å². The van der Waals surface area contributed by atoms with Crippen LogP contribution in [0.3, 0.4) is 0 Å². The molecule has 1 heterocycles. The maximum Gasteiger partial charge on any atom is 0.397 e. The SMILES string of the molecule is O=S(O)O[C@H]1[C@H](OS(=O)(=O)O)[C@@H](OS(=O)(=O)O)[C@H](OC[C@@H](OS(=O)(=O)O)[C@@H](OS(=O)(=O)O)[C@H](OS(=O)(=O)O)[C@@H](COS(=O)(=O)O)OS(=O)(=O)O)O[C@@H]1COS(=O)(=O)O. The van der Waals surface area contributed by atoms with Crippen LogP contribution < -0.4 is 0 Å². The van der Waals surface area contributed by atoms with Crippen LogP contribution in [0.5, 0.6) is 0 Å². The normalized spacial score (nSPS) is 24.7. The monoisotopic (exact) mass is 1050 g/mol. The molecule has 0 radical (unpaired) electrons. The first-order chi connectivity index (χ1) is 25.5. The van der Waals surface area contributed by atoms with Crippen molar-refractivity contribution in [1.29, 1.82) is 0 Å². The van der Waals surface area contributed by atoms with Gasteiger partial charge in [-0.2, -0.15) is 71.6 Å². The Hall–Kier alpha value is -1.05. The van der Waals surface area contributed by atoms with Crippen LogP contribution in [0.2, 0.25) is 0 Å². The number of hydrogen-bond donors (Lipinski definition) is 9. The average molecular weight is 1050 g/mol. The molecule has 1 unspecified atom stereocenters. The molecule has 348 valence electrons. The van der Waals surface area contributed by atoms with Crippen LogP contribution in [0.15, 0.2) is 0 Å². The molecule has 0 spiro atoms. The Morgan fingerprint density at radius 1 is 0.483 bits per heavy atom. The fourth-order valence-electron chi connectivity index (χ4n) is 3.95. The van der Waals surface area contributed by atoms with Crippen LogP contribution in [0.4, 0.5) is 0 Å². The highest BCUT2D eigenvalue weighted by molar-refractivity contribution is 7.82. The predicted molar refractivity (Wildman–Crippen MR) is 164 cm³/mol. The molecule has 1 fully saturated rings. The van der Waals surface area contributed by atoms with E-state index in [4.69, 9.17) is 23.1 Å². The van der Waals surface area contributed by atoms with Gasteiger partial charge < -0.3 is 9.47 Å². The fourth-order valence-corrected chi connectivity index (χ4v) is 7.95. The lowest BCUT2D eigenvalue weighted by Gasteiger charge is -2.43. The Labute approximate surface area is 327 Å². The Morgan fingerprint density at radius 3 is 1.21 bits per heavy atom. The molecule has 0 aromatic heterocycles. The lowest BCUT2D eigenvalue weighted by molar-refractivity contribution is -0.291. The van der Waals surface area contributed by atoms with Crippen LogP contribution in [0, 0.1) is 0 Å². The molecule has 1 rings (SSSR count). The molecule has 9 N–H and O–H groups in total. The van der Waals surface area contributed by atoms with E-state index in [1.807, 2.05) is 0 Å². The summed E-state index contributed by atoms with van der Waals surface area (Å²) in [5.41, 5.74) is 0. The van der Waals surface area contributed by atoms with Crippen molar-refractivity contribution in [3.63, 3.8) is 0 Å². The zero-order valence-corrected chi connectivity index (χ0v) is 33.8. The van der Waals surface area contributed by atoms with E-state index in [1.165, 1.54) is 0 Å². The molecule has 1 aliphatic heterocycles. The van der Waals surface area contributed by atoms with Crippen LogP contribution in [0.25, 0.3) is 0 Å².